The third-order valence-electron chi connectivity index (χ3n) is 5.11. The van der Waals surface area contributed by atoms with Crippen LogP contribution in [0.5, 0.6) is 0 Å². The SMILES string of the molecule is C[C@H]1[C@H](NC(=O)c2nnc(Sc3ccccc3Cl)s2)C2CCN1CC2. The number of benzene rings is 1. The van der Waals surface area contributed by atoms with Crippen molar-refractivity contribution in [2.45, 2.75) is 41.1 Å². The van der Waals surface area contributed by atoms with E-state index in [2.05, 4.69) is 27.3 Å². The van der Waals surface area contributed by atoms with Crippen LogP contribution in [0.15, 0.2) is 33.5 Å². The van der Waals surface area contributed by atoms with Gasteiger partial charge in [0.15, 0.2) is 4.34 Å². The summed E-state index contributed by atoms with van der Waals surface area (Å²) in [6.07, 6.45) is 2.33. The van der Waals surface area contributed by atoms with Gasteiger partial charge in [0.05, 0.1) is 5.02 Å². The first kappa shape index (κ1) is 17.3. The summed E-state index contributed by atoms with van der Waals surface area (Å²) in [5.41, 5.74) is 0. The van der Waals surface area contributed by atoms with Crippen molar-refractivity contribution >= 4 is 40.6 Å². The van der Waals surface area contributed by atoms with Crippen molar-refractivity contribution in [3.05, 3.63) is 34.3 Å². The molecule has 3 fully saturated rings. The van der Waals surface area contributed by atoms with Crippen molar-refractivity contribution in [1.29, 1.82) is 0 Å². The maximum Gasteiger partial charge on any atom is 0.282 e. The van der Waals surface area contributed by atoms with Crippen LogP contribution in [0, 0.1) is 5.92 Å². The number of rotatable bonds is 4. The smallest absolute Gasteiger partial charge is 0.282 e. The van der Waals surface area contributed by atoms with Crippen LogP contribution in [-0.4, -0.2) is 46.2 Å². The number of hydrogen-bond acceptors (Lipinski definition) is 6. The number of piperidine rings is 3. The Hall–Kier alpha value is -1.15. The predicted octanol–water partition coefficient (Wildman–Crippen LogP) is 3.56. The summed E-state index contributed by atoms with van der Waals surface area (Å²) >= 11 is 8.92. The molecule has 1 aromatic heterocycles. The Balaban J connectivity index is 1.43. The highest BCUT2D eigenvalue weighted by atomic mass is 35.5. The third kappa shape index (κ3) is 3.56. The number of fused-ring (bicyclic) bond motifs is 3. The second-order valence-electron chi connectivity index (χ2n) is 6.52. The summed E-state index contributed by atoms with van der Waals surface area (Å²) in [6.45, 7) is 4.50. The lowest BCUT2D eigenvalue weighted by molar-refractivity contribution is 0.0217. The molecule has 1 aromatic carbocycles. The molecule has 3 aliphatic rings. The van der Waals surface area contributed by atoms with Gasteiger partial charge in [-0.3, -0.25) is 9.69 Å². The van der Waals surface area contributed by atoms with Crippen LogP contribution in [-0.2, 0) is 0 Å². The highest BCUT2D eigenvalue weighted by Crippen LogP contribution is 2.35. The minimum atomic E-state index is -0.117. The fourth-order valence-corrected chi connectivity index (χ4v) is 5.71. The molecule has 8 heteroatoms. The van der Waals surface area contributed by atoms with Crippen LogP contribution in [0.25, 0.3) is 0 Å². The number of aromatic nitrogens is 2. The molecule has 1 amide bonds. The van der Waals surface area contributed by atoms with E-state index in [1.807, 2.05) is 24.3 Å². The number of carbonyl (C=O) groups is 1. The number of amides is 1. The van der Waals surface area contributed by atoms with Gasteiger partial charge in [0.2, 0.25) is 5.01 Å². The van der Waals surface area contributed by atoms with Crippen molar-refractivity contribution in [3.63, 3.8) is 0 Å². The molecule has 5 rings (SSSR count). The Kier molecular flexibility index (Phi) is 4.99. The van der Waals surface area contributed by atoms with Gasteiger partial charge in [-0.2, -0.15) is 0 Å². The second-order valence-corrected chi connectivity index (χ2v) is 9.19. The molecule has 3 aliphatic heterocycles. The van der Waals surface area contributed by atoms with Crippen LogP contribution in [0.4, 0.5) is 0 Å². The molecule has 0 saturated carbocycles. The predicted molar refractivity (Wildman–Crippen MR) is 100 cm³/mol. The summed E-state index contributed by atoms with van der Waals surface area (Å²) in [6, 6.07) is 8.19. The highest BCUT2D eigenvalue weighted by Gasteiger charge is 2.40. The van der Waals surface area contributed by atoms with Gasteiger partial charge in [0.1, 0.15) is 0 Å². The zero-order valence-corrected chi connectivity index (χ0v) is 16.2. The zero-order valence-electron chi connectivity index (χ0n) is 13.8. The minimum absolute atomic E-state index is 0.117. The van der Waals surface area contributed by atoms with E-state index in [9.17, 15) is 4.79 Å². The van der Waals surface area contributed by atoms with Gasteiger partial charge in [-0.05, 0) is 50.9 Å². The van der Waals surface area contributed by atoms with Gasteiger partial charge < -0.3 is 5.32 Å². The topological polar surface area (TPSA) is 58.1 Å². The van der Waals surface area contributed by atoms with Crippen molar-refractivity contribution in [1.82, 2.24) is 20.4 Å². The molecule has 0 unspecified atom stereocenters. The standard InChI is InChI=1S/C17H19ClN4OS2/c1-10-14(11-6-8-22(10)9-7-11)19-15(23)16-20-21-17(25-16)24-13-5-3-2-4-12(13)18/h2-5,10-11,14H,6-9H2,1H3,(H,19,23)/t10-,14-/m0/s1. The van der Waals surface area contributed by atoms with Gasteiger partial charge >= 0.3 is 0 Å². The van der Waals surface area contributed by atoms with E-state index >= 15 is 0 Å². The average Bonchev–Trinajstić information content (AvgIpc) is 3.09. The zero-order chi connectivity index (χ0) is 17.4. The quantitative estimate of drug-likeness (QED) is 0.859. The Morgan fingerprint density at radius 3 is 2.80 bits per heavy atom. The first-order valence-electron chi connectivity index (χ1n) is 8.42. The van der Waals surface area contributed by atoms with E-state index in [0.29, 0.717) is 22.0 Å². The van der Waals surface area contributed by atoms with Crippen LogP contribution >= 0.6 is 34.7 Å². The van der Waals surface area contributed by atoms with Gasteiger partial charge in [-0.15, -0.1) is 10.2 Å². The van der Waals surface area contributed by atoms with E-state index in [1.165, 1.54) is 35.9 Å². The molecule has 25 heavy (non-hydrogen) atoms. The molecule has 1 N–H and O–H groups in total. The molecule has 4 heterocycles. The van der Waals surface area contributed by atoms with Crippen molar-refractivity contribution in [2.75, 3.05) is 13.1 Å². The average molecular weight is 395 g/mol. The minimum Gasteiger partial charge on any atom is -0.345 e. The molecule has 2 atom stereocenters. The molecular weight excluding hydrogens is 376 g/mol. The van der Waals surface area contributed by atoms with Crippen molar-refractivity contribution in [3.8, 4) is 0 Å². The van der Waals surface area contributed by atoms with Gasteiger partial charge in [-0.1, -0.05) is 46.8 Å². The third-order valence-corrected chi connectivity index (χ3v) is 7.60. The van der Waals surface area contributed by atoms with Gasteiger partial charge in [0.25, 0.3) is 5.91 Å². The molecule has 0 radical (unpaired) electrons. The summed E-state index contributed by atoms with van der Waals surface area (Å²) < 4.78 is 0.722. The monoisotopic (exact) mass is 394 g/mol. The normalized spacial score (nSPS) is 28.1. The van der Waals surface area contributed by atoms with Gasteiger partial charge in [0, 0.05) is 17.0 Å². The van der Waals surface area contributed by atoms with Crippen molar-refractivity contribution < 1.29 is 4.79 Å². The van der Waals surface area contributed by atoms with Crippen LogP contribution in [0.2, 0.25) is 5.02 Å². The number of nitrogens with zero attached hydrogens (tertiary/aromatic N) is 3. The maximum absolute atomic E-state index is 12.6. The molecule has 2 aromatic rings. The summed E-state index contributed by atoms with van der Waals surface area (Å²) in [5.74, 6) is 0.461. The van der Waals surface area contributed by atoms with Crippen LogP contribution in [0.3, 0.4) is 0 Å². The largest absolute Gasteiger partial charge is 0.345 e. The maximum atomic E-state index is 12.6. The fourth-order valence-electron chi connectivity index (χ4n) is 3.72. The summed E-state index contributed by atoms with van der Waals surface area (Å²) in [4.78, 5) is 16.0. The number of nitrogens with one attached hydrogen (secondary N) is 1. The lowest BCUT2D eigenvalue weighted by Gasteiger charge is -2.49. The highest BCUT2D eigenvalue weighted by molar-refractivity contribution is 8.01. The molecule has 2 bridgehead atoms. The second kappa shape index (κ2) is 7.23. The molecule has 5 nitrogen and oxygen atoms in total. The first-order chi connectivity index (χ1) is 12.1. The lowest BCUT2D eigenvalue weighted by Crippen LogP contribution is -2.62. The van der Waals surface area contributed by atoms with E-state index in [-0.39, 0.29) is 11.9 Å². The molecule has 0 aliphatic carbocycles. The Morgan fingerprint density at radius 2 is 2.08 bits per heavy atom. The van der Waals surface area contributed by atoms with E-state index in [1.54, 1.807) is 0 Å². The van der Waals surface area contributed by atoms with Crippen molar-refractivity contribution in [2.24, 2.45) is 5.92 Å². The molecule has 0 spiro atoms. The number of halogens is 1. The Labute approximate surface area is 160 Å². The fraction of sp³-hybridized carbons (Fsp3) is 0.471. The van der Waals surface area contributed by atoms with Gasteiger partial charge in [-0.25, -0.2) is 0 Å². The number of hydrogen-bond donors (Lipinski definition) is 1. The summed E-state index contributed by atoms with van der Waals surface area (Å²) in [5, 5.41) is 12.5. The van der Waals surface area contributed by atoms with Crippen LogP contribution < -0.4 is 5.32 Å². The Morgan fingerprint density at radius 1 is 1.32 bits per heavy atom. The molecule has 3 saturated heterocycles. The lowest BCUT2D eigenvalue weighted by atomic mass is 9.79. The molecule has 132 valence electrons. The Bertz CT molecular complexity index is 774. The van der Waals surface area contributed by atoms with Crippen LogP contribution in [0.1, 0.15) is 29.6 Å². The number of carbonyl (C=O) groups excluding carboxylic acids is 1. The van der Waals surface area contributed by atoms with E-state index < -0.39 is 0 Å². The molecular formula is C17H19ClN4OS2. The first-order valence-corrected chi connectivity index (χ1v) is 10.4. The summed E-state index contributed by atoms with van der Waals surface area (Å²) in [7, 11) is 0. The van der Waals surface area contributed by atoms with E-state index in [4.69, 9.17) is 11.6 Å². The van der Waals surface area contributed by atoms with E-state index in [0.717, 1.165) is 22.3 Å².